The molecule has 4 aromatic rings. The maximum Gasteiger partial charge on any atom is 0.227 e. The second kappa shape index (κ2) is 6.93. The van der Waals surface area contributed by atoms with Gasteiger partial charge in [0.15, 0.2) is 0 Å². The van der Waals surface area contributed by atoms with Crippen LogP contribution in [0.15, 0.2) is 73.2 Å². The highest BCUT2D eigenvalue weighted by Gasteiger charge is 2.28. The van der Waals surface area contributed by atoms with Gasteiger partial charge in [-0.1, -0.05) is 42.5 Å². The summed E-state index contributed by atoms with van der Waals surface area (Å²) in [4.78, 5) is 21.9. The van der Waals surface area contributed by atoms with Crippen molar-refractivity contribution < 1.29 is 4.79 Å². The maximum atomic E-state index is 12.8. The number of benzene rings is 2. The van der Waals surface area contributed by atoms with E-state index in [-0.39, 0.29) is 11.8 Å². The Hall–Kier alpha value is -3.47. The molecule has 0 radical (unpaired) electrons. The predicted molar refractivity (Wildman–Crippen MR) is 108 cm³/mol. The average Bonchev–Trinajstić information content (AvgIpc) is 3.37. The number of hydrogen-bond acceptors (Lipinski definition) is 3. The normalized spacial score (nSPS) is 15.5. The number of nitrogens with one attached hydrogen (secondary N) is 1. The molecular weight excluding hydrogens is 348 g/mol. The fraction of sp³-hybridized carbons (Fsp3) is 0.174. The highest BCUT2D eigenvalue weighted by Crippen LogP contribution is 2.33. The van der Waals surface area contributed by atoms with Gasteiger partial charge in [0.1, 0.15) is 12.1 Å². The number of fused-ring (bicyclic) bond motifs is 2. The molecule has 0 unspecified atom stereocenters. The van der Waals surface area contributed by atoms with E-state index in [0.717, 1.165) is 40.8 Å². The number of carbonyl (C=O) groups excluding carboxylic acids is 1. The Morgan fingerprint density at radius 1 is 1.04 bits per heavy atom. The zero-order chi connectivity index (χ0) is 18.9. The summed E-state index contributed by atoms with van der Waals surface area (Å²) in [5, 5.41) is 3.12. The molecule has 28 heavy (non-hydrogen) atoms. The Morgan fingerprint density at radius 2 is 1.89 bits per heavy atom. The second-order valence-electron chi connectivity index (χ2n) is 7.10. The number of carbonyl (C=O) groups is 1. The number of pyridine rings is 1. The maximum absolute atomic E-state index is 12.8. The van der Waals surface area contributed by atoms with Crippen molar-refractivity contribution in [2.75, 3.05) is 0 Å². The van der Waals surface area contributed by atoms with Crippen molar-refractivity contribution in [1.82, 2.24) is 19.9 Å². The number of rotatable bonds is 4. The van der Waals surface area contributed by atoms with E-state index in [9.17, 15) is 4.79 Å². The van der Waals surface area contributed by atoms with Gasteiger partial charge in [0.25, 0.3) is 0 Å². The summed E-state index contributed by atoms with van der Waals surface area (Å²) >= 11 is 0. The zero-order valence-corrected chi connectivity index (χ0v) is 15.4. The van der Waals surface area contributed by atoms with Gasteiger partial charge in [0.2, 0.25) is 5.91 Å². The zero-order valence-electron chi connectivity index (χ0n) is 15.4. The van der Waals surface area contributed by atoms with Crippen molar-refractivity contribution in [2.45, 2.75) is 25.3 Å². The first kappa shape index (κ1) is 16.7. The second-order valence-corrected chi connectivity index (χ2v) is 7.10. The summed E-state index contributed by atoms with van der Waals surface area (Å²) in [6.45, 7) is 0.438. The number of amides is 1. The van der Waals surface area contributed by atoms with Crippen LogP contribution in [0.25, 0.3) is 16.9 Å². The molecule has 5 nitrogen and oxygen atoms in total. The monoisotopic (exact) mass is 368 g/mol. The van der Waals surface area contributed by atoms with Gasteiger partial charge in [-0.15, -0.1) is 0 Å². The molecule has 2 aromatic heterocycles. The Kier molecular flexibility index (Phi) is 4.13. The van der Waals surface area contributed by atoms with Crippen LogP contribution in [0.1, 0.15) is 29.0 Å². The third-order valence-corrected chi connectivity index (χ3v) is 5.45. The van der Waals surface area contributed by atoms with Crippen LogP contribution in [0.4, 0.5) is 0 Å². The third kappa shape index (κ3) is 2.85. The van der Waals surface area contributed by atoms with Crippen LogP contribution in [-0.2, 0) is 17.8 Å². The van der Waals surface area contributed by atoms with Crippen LogP contribution < -0.4 is 5.32 Å². The van der Waals surface area contributed by atoms with Gasteiger partial charge in [0, 0.05) is 18.3 Å². The van der Waals surface area contributed by atoms with Gasteiger partial charge in [-0.25, -0.2) is 9.97 Å². The molecule has 1 aliphatic rings. The van der Waals surface area contributed by atoms with Crippen LogP contribution in [0, 0.1) is 0 Å². The standard InChI is InChI=1S/C23H20N4O/c28-23(19-12-11-16-6-1-2-8-18(16)19)25-14-17-7-5-13-24-22(17)27-15-26-20-9-3-4-10-21(20)27/h1-10,13,15,19H,11-12,14H2,(H,25,28)/t19-/m1/s1. The molecule has 1 atom stereocenters. The summed E-state index contributed by atoms with van der Waals surface area (Å²) < 4.78 is 1.97. The smallest absolute Gasteiger partial charge is 0.227 e. The van der Waals surface area contributed by atoms with E-state index in [1.807, 2.05) is 53.1 Å². The molecule has 0 saturated carbocycles. The molecule has 0 bridgehead atoms. The molecule has 1 N–H and O–H groups in total. The number of aromatic nitrogens is 3. The predicted octanol–water partition coefficient (Wildman–Crippen LogP) is 3.77. The lowest BCUT2D eigenvalue weighted by atomic mass is 10.0. The number of hydrogen-bond donors (Lipinski definition) is 1. The van der Waals surface area contributed by atoms with Crippen molar-refractivity contribution in [3.63, 3.8) is 0 Å². The van der Waals surface area contributed by atoms with Crippen LogP contribution >= 0.6 is 0 Å². The Morgan fingerprint density at radius 3 is 2.86 bits per heavy atom. The number of imidazole rings is 1. The average molecular weight is 368 g/mol. The minimum Gasteiger partial charge on any atom is -0.351 e. The first-order valence-corrected chi connectivity index (χ1v) is 9.53. The van der Waals surface area contributed by atoms with Crippen LogP contribution in [0.2, 0.25) is 0 Å². The Bertz CT molecular complexity index is 1160. The first-order chi connectivity index (χ1) is 13.8. The van der Waals surface area contributed by atoms with Crippen LogP contribution in [0.3, 0.4) is 0 Å². The van der Waals surface area contributed by atoms with Gasteiger partial charge < -0.3 is 5.32 Å². The van der Waals surface area contributed by atoms with E-state index in [1.165, 1.54) is 5.56 Å². The molecule has 2 heterocycles. The number of nitrogens with zero attached hydrogens (tertiary/aromatic N) is 3. The van der Waals surface area contributed by atoms with E-state index < -0.39 is 0 Å². The van der Waals surface area contributed by atoms with E-state index >= 15 is 0 Å². The Labute approximate surface area is 163 Å². The molecule has 138 valence electrons. The summed E-state index contributed by atoms with van der Waals surface area (Å²) in [7, 11) is 0. The lowest BCUT2D eigenvalue weighted by Gasteiger charge is -2.14. The summed E-state index contributed by atoms with van der Waals surface area (Å²) in [5.41, 5.74) is 5.33. The molecule has 1 aliphatic carbocycles. The van der Waals surface area contributed by atoms with Crippen LogP contribution in [0.5, 0.6) is 0 Å². The molecule has 1 amide bonds. The third-order valence-electron chi connectivity index (χ3n) is 5.45. The highest BCUT2D eigenvalue weighted by molar-refractivity contribution is 5.85. The first-order valence-electron chi connectivity index (χ1n) is 9.53. The van der Waals surface area contributed by atoms with E-state index in [1.54, 1.807) is 12.5 Å². The van der Waals surface area contributed by atoms with Gasteiger partial charge in [-0.3, -0.25) is 9.36 Å². The van der Waals surface area contributed by atoms with Crippen molar-refractivity contribution in [2.24, 2.45) is 0 Å². The fourth-order valence-electron chi connectivity index (χ4n) is 4.05. The minimum absolute atomic E-state index is 0.0644. The van der Waals surface area contributed by atoms with Crippen molar-refractivity contribution in [3.8, 4) is 5.82 Å². The largest absolute Gasteiger partial charge is 0.351 e. The molecule has 0 fully saturated rings. The molecule has 2 aromatic carbocycles. The minimum atomic E-state index is -0.0644. The molecule has 0 aliphatic heterocycles. The Balaban J connectivity index is 1.39. The van der Waals surface area contributed by atoms with Gasteiger partial charge in [0.05, 0.1) is 17.0 Å². The van der Waals surface area contributed by atoms with Crippen molar-refractivity contribution >= 4 is 16.9 Å². The number of para-hydroxylation sites is 2. The quantitative estimate of drug-likeness (QED) is 0.597. The number of aryl methyl sites for hydroxylation is 1. The SMILES string of the molecule is O=C(NCc1cccnc1-n1cnc2ccccc21)[C@@H]1CCc2ccccc21. The van der Waals surface area contributed by atoms with Gasteiger partial charge >= 0.3 is 0 Å². The fourth-order valence-corrected chi connectivity index (χ4v) is 4.05. The lowest BCUT2D eigenvalue weighted by Crippen LogP contribution is -2.28. The van der Waals surface area contributed by atoms with Crippen LogP contribution in [-0.4, -0.2) is 20.4 Å². The van der Waals surface area contributed by atoms with Crippen molar-refractivity contribution in [3.05, 3.63) is 89.9 Å². The summed E-state index contributed by atoms with van der Waals surface area (Å²) in [5.74, 6) is 0.809. The lowest BCUT2D eigenvalue weighted by molar-refractivity contribution is -0.122. The van der Waals surface area contributed by atoms with Gasteiger partial charge in [-0.2, -0.15) is 0 Å². The molecule has 0 spiro atoms. The van der Waals surface area contributed by atoms with E-state index in [0.29, 0.717) is 6.54 Å². The molecular formula is C23H20N4O. The topological polar surface area (TPSA) is 59.8 Å². The van der Waals surface area contributed by atoms with E-state index in [2.05, 4.69) is 27.4 Å². The summed E-state index contributed by atoms with van der Waals surface area (Å²) in [6, 6.07) is 20.1. The van der Waals surface area contributed by atoms with Crippen molar-refractivity contribution in [1.29, 1.82) is 0 Å². The highest BCUT2D eigenvalue weighted by atomic mass is 16.1. The molecule has 5 rings (SSSR count). The summed E-state index contributed by atoms with van der Waals surface area (Å²) in [6.07, 6.45) is 5.39. The molecule has 5 heteroatoms. The molecule has 0 saturated heterocycles. The van der Waals surface area contributed by atoms with Gasteiger partial charge in [-0.05, 0) is 42.2 Å². The van der Waals surface area contributed by atoms with E-state index in [4.69, 9.17) is 0 Å².